The number of fused-ring (bicyclic) bond motifs is 1. The third-order valence-electron chi connectivity index (χ3n) is 5.65. The Bertz CT molecular complexity index is 1160. The van der Waals surface area contributed by atoms with E-state index in [2.05, 4.69) is 5.32 Å². The van der Waals surface area contributed by atoms with Gasteiger partial charge in [0.05, 0.1) is 12.0 Å². The predicted octanol–water partition coefficient (Wildman–Crippen LogP) is 4.68. The molecule has 4 aromatic rings. The van der Waals surface area contributed by atoms with Gasteiger partial charge in [-0.25, -0.2) is 9.50 Å². The highest BCUT2D eigenvalue weighted by Crippen LogP contribution is 2.22. The van der Waals surface area contributed by atoms with Crippen molar-refractivity contribution in [1.29, 1.82) is 0 Å². The van der Waals surface area contributed by atoms with Crippen molar-refractivity contribution in [3.8, 4) is 11.3 Å². The van der Waals surface area contributed by atoms with Crippen molar-refractivity contribution < 1.29 is 9.21 Å². The molecule has 6 nitrogen and oxygen atoms in total. The summed E-state index contributed by atoms with van der Waals surface area (Å²) in [5.74, 6) is 0.997. The second-order valence-corrected chi connectivity index (χ2v) is 8.01. The monoisotopic (exact) mass is 416 g/mol. The molecule has 0 aliphatic rings. The molecular formula is C25H28N4O2. The van der Waals surface area contributed by atoms with Crippen LogP contribution in [-0.2, 0) is 17.6 Å². The summed E-state index contributed by atoms with van der Waals surface area (Å²) in [6.45, 7) is 6.07. The van der Waals surface area contributed by atoms with Crippen LogP contribution >= 0.6 is 0 Å². The first-order valence-corrected chi connectivity index (χ1v) is 10.7. The Kier molecular flexibility index (Phi) is 6.16. The van der Waals surface area contributed by atoms with Crippen LogP contribution in [0.15, 0.2) is 59.2 Å². The van der Waals surface area contributed by atoms with Crippen LogP contribution in [0.4, 0.5) is 0 Å². The average Bonchev–Trinajstić information content (AvgIpc) is 3.43. The van der Waals surface area contributed by atoms with E-state index in [-0.39, 0.29) is 11.9 Å². The molecule has 0 fully saturated rings. The number of nitrogens with zero attached hydrogens (tertiary/aromatic N) is 3. The topological polar surface area (TPSA) is 72.4 Å². The minimum Gasteiger partial charge on any atom is -0.469 e. The van der Waals surface area contributed by atoms with Gasteiger partial charge in [0.25, 0.3) is 0 Å². The lowest BCUT2D eigenvalue weighted by atomic mass is 10.1. The summed E-state index contributed by atoms with van der Waals surface area (Å²) in [7, 11) is 0. The molecule has 0 aliphatic heterocycles. The van der Waals surface area contributed by atoms with Gasteiger partial charge in [0.2, 0.25) is 5.91 Å². The Morgan fingerprint density at radius 1 is 1.13 bits per heavy atom. The van der Waals surface area contributed by atoms with E-state index in [0.29, 0.717) is 12.8 Å². The first kappa shape index (κ1) is 20.8. The number of carbonyl (C=O) groups excluding carboxylic acids is 1. The van der Waals surface area contributed by atoms with E-state index in [9.17, 15) is 4.79 Å². The van der Waals surface area contributed by atoms with Gasteiger partial charge in [-0.15, -0.1) is 0 Å². The SMILES string of the molecule is Cc1nc2cc(-c3ccccc3)nn2c(C)c1CCC(=O)N[C@H](C)CCc1ccco1. The van der Waals surface area contributed by atoms with Gasteiger partial charge >= 0.3 is 0 Å². The van der Waals surface area contributed by atoms with Crippen LogP contribution in [0, 0.1) is 13.8 Å². The van der Waals surface area contributed by atoms with Gasteiger partial charge in [0, 0.05) is 41.9 Å². The molecule has 0 unspecified atom stereocenters. The Hall–Kier alpha value is -3.41. The van der Waals surface area contributed by atoms with Gasteiger partial charge in [0.1, 0.15) is 5.76 Å². The van der Waals surface area contributed by atoms with Crippen molar-refractivity contribution in [3.05, 3.63) is 77.5 Å². The van der Waals surface area contributed by atoms with Crippen molar-refractivity contribution in [3.63, 3.8) is 0 Å². The molecule has 1 atom stereocenters. The number of rotatable bonds is 8. The number of hydrogen-bond donors (Lipinski definition) is 1. The van der Waals surface area contributed by atoms with Gasteiger partial charge in [-0.2, -0.15) is 5.10 Å². The fourth-order valence-electron chi connectivity index (χ4n) is 3.91. The largest absolute Gasteiger partial charge is 0.469 e. The van der Waals surface area contributed by atoms with E-state index in [1.807, 2.05) is 73.8 Å². The second kappa shape index (κ2) is 9.16. The van der Waals surface area contributed by atoms with Gasteiger partial charge < -0.3 is 9.73 Å². The lowest BCUT2D eigenvalue weighted by Crippen LogP contribution is -2.33. The molecule has 3 heterocycles. The third kappa shape index (κ3) is 4.85. The molecule has 1 N–H and O–H groups in total. The highest BCUT2D eigenvalue weighted by atomic mass is 16.3. The Morgan fingerprint density at radius 2 is 1.94 bits per heavy atom. The molecule has 3 aromatic heterocycles. The summed E-state index contributed by atoms with van der Waals surface area (Å²) in [6, 6.07) is 16.0. The van der Waals surface area contributed by atoms with Gasteiger partial charge in [0.15, 0.2) is 5.65 Å². The zero-order valence-electron chi connectivity index (χ0n) is 18.3. The van der Waals surface area contributed by atoms with Crippen molar-refractivity contribution in [1.82, 2.24) is 19.9 Å². The molecule has 31 heavy (non-hydrogen) atoms. The minimum absolute atomic E-state index is 0.0521. The lowest BCUT2D eigenvalue weighted by Gasteiger charge is -2.14. The van der Waals surface area contributed by atoms with E-state index in [4.69, 9.17) is 14.5 Å². The summed E-state index contributed by atoms with van der Waals surface area (Å²) in [6.07, 6.45) is 4.40. The summed E-state index contributed by atoms with van der Waals surface area (Å²) in [5, 5.41) is 7.84. The van der Waals surface area contributed by atoms with Crippen LogP contribution in [0.3, 0.4) is 0 Å². The van der Waals surface area contributed by atoms with E-state index in [0.717, 1.165) is 52.5 Å². The number of aryl methyl sites for hydroxylation is 3. The maximum atomic E-state index is 12.5. The second-order valence-electron chi connectivity index (χ2n) is 8.01. The molecule has 4 rings (SSSR count). The quantitative estimate of drug-likeness (QED) is 0.453. The number of hydrogen-bond acceptors (Lipinski definition) is 4. The standard InChI is InChI=1S/C25H28N4O2/c1-17(11-12-21-10-7-15-31-21)26-25(30)14-13-22-18(2)27-24-16-23(28-29(24)19(22)3)20-8-5-4-6-9-20/h4-10,15-17H,11-14H2,1-3H3,(H,26,30)/t17-/m1/s1. The molecule has 6 heteroatoms. The summed E-state index contributed by atoms with van der Waals surface area (Å²) in [4.78, 5) is 17.2. The maximum Gasteiger partial charge on any atom is 0.220 e. The molecular weight excluding hydrogens is 388 g/mol. The molecule has 0 saturated carbocycles. The molecule has 0 bridgehead atoms. The third-order valence-corrected chi connectivity index (χ3v) is 5.65. The van der Waals surface area contributed by atoms with Crippen molar-refractivity contribution in [2.24, 2.45) is 0 Å². The number of nitrogens with one attached hydrogen (secondary N) is 1. The average molecular weight is 417 g/mol. The number of amides is 1. The number of carbonyl (C=O) groups is 1. The number of benzene rings is 1. The van der Waals surface area contributed by atoms with Crippen LogP contribution < -0.4 is 5.32 Å². The van der Waals surface area contributed by atoms with E-state index >= 15 is 0 Å². The molecule has 160 valence electrons. The molecule has 0 spiro atoms. The molecule has 0 aliphatic carbocycles. The van der Waals surface area contributed by atoms with Gasteiger partial charge in [-0.3, -0.25) is 4.79 Å². The van der Waals surface area contributed by atoms with Crippen molar-refractivity contribution in [2.45, 2.75) is 52.5 Å². The first-order chi connectivity index (χ1) is 15.0. The highest BCUT2D eigenvalue weighted by Gasteiger charge is 2.15. The molecule has 0 saturated heterocycles. The van der Waals surface area contributed by atoms with E-state index in [1.165, 1.54) is 0 Å². The number of furan rings is 1. The fourth-order valence-corrected chi connectivity index (χ4v) is 3.91. The van der Waals surface area contributed by atoms with E-state index in [1.54, 1.807) is 6.26 Å². The molecule has 0 radical (unpaired) electrons. The lowest BCUT2D eigenvalue weighted by molar-refractivity contribution is -0.121. The Labute approximate surface area is 182 Å². The summed E-state index contributed by atoms with van der Waals surface area (Å²) in [5.41, 5.74) is 5.85. The smallest absolute Gasteiger partial charge is 0.220 e. The molecule has 1 aromatic carbocycles. The van der Waals surface area contributed by atoms with Crippen LogP contribution in [0.5, 0.6) is 0 Å². The zero-order valence-corrected chi connectivity index (χ0v) is 18.3. The van der Waals surface area contributed by atoms with Crippen molar-refractivity contribution in [2.75, 3.05) is 0 Å². The summed E-state index contributed by atoms with van der Waals surface area (Å²) >= 11 is 0. The number of aromatic nitrogens is 3. The Balaban J connectivity index is 1.41. The van der Waals surface area contributed by atoms with Crippen molar-refractivity contribution >= 4 is 11.6 Å². The maximum absolute atomic E-state index is 12.5. The van der Waals surface area contributed by atoms with Gasteiger partial charge in [-0.05, 0) is 51.3 Å². The normalized spacial score (nSPS) is 12.2. The van der Waals surface area contributed by atoms with Crippen LogP contribution in [-0.4, -0.2) is 26.5 Å². The van der Waals surface area contributed by atoms with Gasteiger partial charge in [-0.1, -0.05) is 30.3 Å². The zero-order chi connectivity index (χ0) is 21.8. The fraction of sp³-hybridized carbons (Fsp3) is 0.320. The summed E-state index contributed by atoms with van der Waals surface area (Å²) < 4.78 is 7.24. The Morgan fingerprint density at radius 3 is 2.68 bits per heavy atom. The molecule has 1 amide bonds. The first-order valence-electron chi connectivity index (χ1n) is 10.7. The van der Waals surface area contributed by atoms with E-state index < -0.39 is 0 Å². The predicted molar refractivity (Wildman–Crippen MR) is 121 cm³/mol. The highest BCUT2D eigenvalue weighted by molar-refractivity contribution is 5.76. The van der Waals surface area contributed by atoms with Crippen LogP contribution in [0.1, 0.15) is 42.5 Å². The van der Waals surface area contributed by atoms with Crippen LogP contribution in [0.25, 0.3) is 16.9 Å². The van der Waals surface area contributed by atoms with Crippen LogP contribution in [0.2, 0.25) is 0 Å². The minimum atomic E-state index is 0.0521.